The molecule has 1 N–H and O–H groups in total. The zero-order valence-electron chi connectivity index (χ0n) is 9.87. The van der Waals surface area contributed by atoms with E-state index in [0.29, 0.717) is 18.7 Å². The van der Waals surface area contributed by atoms with Gasteiger partial charge in [0, 0.05) is 24.5 Å². The van der Waals surface area contributed by atoms with E-state index in [1.54, 1.807) is 12.4 Å². The van der Waals surface area contributed by atoms with Gasteiger partial charge in [0.2, 0.25) is 0 Å². The summed E-state index contributed by atoms with van der Waals surface area (Å²) in [4.78, 5) is 4.01. The van der Waals surface area contributed by atoms with Crippen LogP contribution in [0.15, 0.2) is 42.7 Å². The number of hydrogen-bond acceptors (Lipinski definition) is 2. The van der Waals surface area contributed by atoms with Crippen LogP contribution >= 0.6 is 0 Å². The summed E-state index contributed by atoms with van der Waals surface area (Å²) in [6.07, 6.45) is 4.33. The highest BCUT2D eigenvalue weighted by molar-refractivity contribution is 5.18. The molecule has 1 aromatic heterocycles. The van der Waals surface area contributed by atoms with E-state index >= 15 is 0 Å². The first-order valence-corrected chi connectivity index (χ1v) is 5.79. The van der Waals surface area contributed by atoms with Crippen molar-refractivity contribution in [3.63, 3.8) is 0 Å². The van der Waals surface area contributed by atoms with Crippen LogP contribution < -0.4 is 5.32 Å². The van der Waals surface area contributed by atoms with E-state index in [-0.39, 0.29) is 5.82 Å². The second kappa shape index (κ2) is 6.21. The molecule has 0 aliphatic rings. The summed E-state index contributed by atoms with van der Waals surface area (Å²) in [7, 11) is 0. The van der Waals surface area contributed by atoms with Crippen LogP contribution in [0, 0.1) is 11.6 Å². The minimum atomic E-state index is -0.416. The van der Waals surface area contributed by atoms with E-state index in [9.17, 15) is 8.78 Å². The van der Waals surface area contributed by atoms with Gasteiger partial charge in [-0.15, -0.1) is 0 Å². The lowest BCUT2D eigenvalue weighted by atomic mass is 10.2. The third kappa shape index (κ3) is 3.60. The highest BCUT2D eigenvalue weighted by Gasteiger charge is 2.03. The van der Waals surface area contributed by atoms with Crippen molar-refractivity contribution in [2.24, 2.45) is 0 Å². The maximum absolute atomic E-state index is 13.3. The average Bonchev–Trinajstić information content (AvgIpc) is 2.40. The van der Waals surface area contributed by atoms with E-state index < -0.39 is 5.82 Å². The summed E-state index contributed by atoms with van der Waals surface area (Å²) in [5.74, 6) is -0.800. The van der Waals surface area contributed by atoms with Crippen molar-refractivity contribution in [1.29, 1.82) is 0 Å². The lowest BCUT2D eigenvalue weighted by molar-refractivity contribution is 0.569. The van der Waals surface area contributed by atoms with E-state index in [1.165, 1.54) is 6.07 Å². The van der Waals surface area contributed by atoms with Crippen LogP contribution in [0.25, 0.3) is 0 Å². The molecule has 0 amide bonds. The van der Waals surface area contributed by atoms with Crippen molar-refractivity contribution in [2.45, 2.75) is 13.0 Å². The van der Waals surface area contributed by atoms with E-state index in [0.717, 1.165) is 24.1 Å². The number of nitrogens with zero attached hydrogens (tertiary/aromatic N) is 1. The molecule has 0 unspecified atom stereocenters. The normalized spacial score (nSPS) is 10.6. The Bertz CT molecular complexity index is 500. The maximum atomic E-state index is 13.3. The molecule has 0 fully saturated rings. The third-order valence-corrected chi connectivity index (χ3v) is 2.64. The molecule has 0 bridgehead atoms. The molecule has 0 saturated carbocycles. The zero-order chi connectivity index (χ0) is 12.8. The summed E-state index contributed by atoms with van der Waals surface area (Å²) in [6, 6.07) is 7.34. The fourth-order valence-electron chi connectivity index (χ4n) is 1.68. The first kappa shape index (κ1) is 12.6. The van der Waals surface area contributed by atoms with Gasteiger partial charge in [-0.1, -0.05) is 6.07 Å². The van der Waals surface area contributed by atoms with Crippen molar-refractivity contribution >= 4 is 0 Å². The van der Waals surface area contributed by atoms with E-state index in [4.69, 9.17) is 0 Å². The minimum Gasteiger partial charge on any atom is -0.312 e. The van der Waals surface area contributed by atoms with Gasteiger partial charge in [0.1, 0.15) is 11.6 Å². The lowest BCUT2D eigenvalue weighted by Crippen LogP contribution is -2.17. The van der Waals surface area contributed by atoms with Crippen molar-refractivity contribution in [3.8, 4) is 0 Å². The number of halogens is 2. The summed E-state index contributed by atoms with van der Waals surface area (Å²) in [5, 5.41) is 3.08. The van der Waals surface area contributed by atoms with Gasteiger partial charge in [0.15, 0.2) is 0 Å². The van der Waals surface area contributed by atoms with Gasteiger partial charge in [-0.05, 0) is 42.8 Å². The molecule has 0 aliphatic carbocycles. The van der Waals surface area contributed by atoms with E-state index in [2.05, 4.69) is 10.3 Å². The predicted octanol–water partition coefficient (Wildman–Crippen LogP) is 2.69. The molecule has 0 radical (unpaired) electrons. The van der Waals surface area contributed by atoms with Crippen molar-refractivity contribution < 1.29 is 8.78 Å². The van der Waals surface area contributed by atoms with Crippen LogP contribution in [-0.4, -0.2) is 11.5 Å². The first-order valence-electron chi connectivity index (χ1n) is 5.79. The van der Waals surface area contributed by atoms with Gasteiger partial charge in [-0.3, -0.25) is 4.98 Å². The fraction of sp³-hybridized carbons (Fsp3) is 0.214. The molecule has 2 rings (SSSR count). The summed E-state index contributed by atoms with van der Waals surface area (Å²) in [6.45, 7) is 1.02. The molecule has 0 atom stereocenters. The Kier molecular flexibility index (Phi) is 4.36. The van der Waals surface area contributed by atoms with E-state index in [1.807, 2.05) is 12.1 Å². The SMILES string of the molecule is Fc1ccc(F)c(CNCCc2cccnc2)c1. The predicted molar refractivity (Wildman–Crippen MR) is 66.0 cm³/mol. The number of nitrogens with one attached hydrogen (secondary N) is 1. The molecule has 4 heteroatoms. The Hall–Kier alpha value is -1.81. The summed E-state index contributed by atoms with van der Waals surface area (Å²) < 4.78 is 26.2. The number of aromatic nitrogens is 1. The van der Waals surface area contributed by atoms with Crippen LogP contribution in [0.2, 0.25) is 0 Å². The Morgan fingerprint density at radius 2 is 2.06 bits per heavy atom. The van der Waals surface area contributed by atoms with Gasteiger partial charge >= 0.3 is 0 Å². The third-order valence-electron chi connectivity index (χ3n) is 2.64. The van der Waals surface area contributed by atoms with Crippen LogP contribution in [0.5, 0.6) is 0 Å². The summed E-state index contributed by atoms with van der Waals surface area (Å²) in [5.41, 5.74) is 1.46. The van der Waals surface area contributed by atoms with Crippen molar-refractivity contribution in [3.05, 3.63) is 65.5 Å². The highest BCUT2D eigenvalue weighted by atomic mass is 19.1. The fourth-order valence-corrected chi connectivity index (χ4v) is 1.68. The van der Waals surface area contributed by atoms with Crippen molar-refractivity contribution in [2.75, 3.05) is 6.54 Å². The molecule has 18 heavy (non-hydrogen) atoms. The van der Waals surface area contributed by atoms with Gasteiger partial charge < -0.3 is 5.32 Å². The smallest absolute Gasteiger partial charge is 0.127 e. The van der Waals surface area contributed by atoms with Crippen LogP contribution in [0.4, 0.5) is 8.78 Å². The summed E-state index contributed by atoms with van der Waals surface area (Å²) >= 11 is 0. The molecule has 1 aromatic carbocycles. The number of rotatable bonds is 5. The quantitative estimate of drug-likeness (QED) is 0.823. The van der Waals surface area contributed by atoms with Crippen molar-refractivity contribution in [1.82, 2.24) is 10.3 Å². The average molecular weight is 248 g/mol. The molecule has 2 aromatic rings. The molecule has 0 spiro atoms. The Balaban J connectivity index is 1.80. The minimum absolute atomic E-state index is 0.323. The van der Waals surface area contributed by atoms with Gasteiger partial charge in [-0.2, -0.15) is 0 Å². The molecule has 0 saturated heterocycles. The molecule has 2 nitrogen and oxygen atoms in total. The lowest BCUT2D eigenvalue weighted by Gasteiger charge is -2.06. The first-order chi connectivity index (χ1) is 8.75. The van der Waals surface area contributed by atoms with Gasteiger partial charge in [0.05, 0.1) is 0 Å². The molecule has 1 heterocycles. The van der Waals surface area contributed by atoms with Crippen LogP contribution in [0.3, 0.4) is 0 Å². The molecule has 94 valence electrons. The maximum Gasteiger partial charge on any atom is 0.127 e. The Morgan fingerprint density at radius 1 is 1.17 bits per heavy atom. The van der Waals surface area contributed by atoms with Crippen LogP contribution in [0.1, 0.15) is 11.1 Å². The largest absolute Gasteiger partial charge is 0.312 e. The number of benzene rings is 1. The second-order valence-electron chi connectivity index (χ2n) is 4.02. The topological polar surface area (TPSA) is 24.9 Å². The second-order valence-corrected chi connectivity index (χ2v) is 4.02. The molecular formula is C14H14F2N2. The Morgan fingerprint density at radius 3 is 2.83 bits per heavy atom. The highest BCUT2D eigenvalue weighted by Crippen LogP contribution is 2.09. The number of pyridine rings is 1. The zero-order valence-corrected chi connectivity index (χ0v) is 9.87. The van der Waals surface area contributed by atoms with Crippen LogP contribution in [-0.2, 0) is 13.0 Å². The molecular weight excluding hydrogens is 234 g/mol. The monoisotopic (exact) mass is 248 g/mol. The standard InChI is InChI=1S/C14H14F2N2/c15-13-3-4-14(16)12(8-13)10-18-7-5-11-2-1-6-17-9-11/h1-4,6,8-9,18H,5,7,10H2. The number of hydrogen-bond donors (Lipinski definition) is 1. The Labute approximate surface area is 105 Å². The van der Waals surface area contributed by atoms with Gasteiger partial charge in [0.25, 0.3) is 0 Å². The van der Waals surface area contributed by atoms with Gasteiger partial charge in [-0.25, -0.2) is 8.78 Å². The molecule has 0 aliphatic heterocycles.